The number of fused-ring (bicyclic) bond motifs is 7. The first-order valence-corrected chi connectivity index (χ1v) is 12.4. The van der Waals surface area contributed by atoms with Crippen molar-refractivity contribution in [3.8, 4) is 0 Å². The van der Waals surface area contributed by atoms with Gasteiger partial charge >= 0.3 is 12.2 Å². The predicted octanol–water partition coefficient (Wildman–Crippen LogP) is 3.14. The van der Waals surface area contributed by atoms with Crippen molar-refractivity contribution >= 4 is 24.0 Å². The van der Waals surface area contributed by atoms with Gasteiger partial charge in [0.15, 0.2) is 0 Å². The zero-order valence-corrected chi connectivity index (χ0v) is 21.3. The maximum Gasteiger partial charge on any atom is 0.417 e. The lowest BCUT2D eigenvalue weighted by molar-refractivity contribution is -0.154. The normalized spacial score (nSPS) is 35.7. The van der Waals surface area contributed by atoms with Crippen molar-refractivity contribution in [2.24, 2.45) is 41.2 Å². The van der Waals surface area contributed by atoms with E-state index < -0.39 is 23.4 Å². The molecule has 1 aliphatic heterocycles. The van der Waals surface area contributed by atoms with E-state index in [4.69, 9.17) is 15.2 Å². The predicted molar refractivity (Wildman–Crippen MR) is 128 cm³/mol. The van der Waals surface area contributed by atoms with E-state index in [-0.39, 0.29) is 47.6 Å². The van der Waals surface area contributed by atoms with Crippen LogP contribution in [-0.2, 0) is 19.1 Å². The summed E-state index contributed by atoms with van der Waals surface area (Å²) < 4.78 is 10.5. The van der Waals surface area contributed by atoms with Crippen molar-refractivity contribution in [2.45, 2.75) is 77.7 Å². The molecule has 4 unspecified atom stereocenters. The topological polar surface area (TPSA) is 128 Å². The van der Waals surface area contributed by atoms with E-state index in [1.807, 2.05) is 32.9 Å². The Kier molecular flexibility index (Phi) is 6.26. The van der Waals surface area contributed by atoms with Crippen LogP contribution in [0.5, 0.6) is 0 Å². The number of amides is 4. The number of carbonyl (C=O) groups excluding carboxylic acids is 4. The summed E-state index contributed by atoms with van der Waals surface area (Å²) >= 11 is 0. The van der Waals surface area contributed by atoms with Gasteiger partial charge in [-0.2, -0.15) is 0 Å². The third-order valence-corrected chi connectivity index (χ3v) is 7.30. The van der Waals surface area contributed by atoms with Gasteiger partial charge in [-0.05, 0) is 78.1 Å². The second kappa shape index (κ2) is 8.68. The monoisotopic (exact) mass is 487 g/mol. The molecule has 0 radical (unpaired) electrons. The van der Waals surface area contributed by atoms with Gasteiger partial charge < -0.3 is 20.5 Å². The van der Waals surface area contributed by atoms with Crippen molar-refractivity contribution in [2.75, 3.05) is 0 Å². The molecule has 5 rings (SSSR count). The maximum atomic E-state index is 12.0. The van der Waals surface area contributed by atoms with Crippen LogP contribution in [0, 0.1) is 35.5 Å². The number of nitrogens with two attached hydrogens (primary N) is 1. The molecule has 3 N–H and O–H groups in total. The second-order valence-electron chi connectivity index (χ2n) is 12.2. The van der Waals surface area contributed by atoms with E-state index in [1.165, 1.54) is 4.90 Å². The number of carbonyl (C=O) groups is 4. The summed E-state index contributed by atoms with van der Waals surface area (Å²) in [6, 6.07) is -0.167. The van der Waals surface area contributed by atoms with E-state index >= 15 is 0 Å². The number of primary amides is 1. The number of allylic oxidation sites excluding steroid dienone is 2. The first-order valence-electron chi connectivity index (χ1n) is 12.4. The number of hydrogen-bond donors (Lipinski definition) is 2. The van der Waals surface area contributed by atoms with Crippen LogP contribution in [0.2, 0.25) is 0 Å². The van der Waals surface area contributed by atoms with Gasteiger partial charge in [-0.25, -0.2) is 14.5 Å². The number of likely N-dealkylation sites (tertiary alicyclic amines) is 1. The van der Waals surface area contributed by atoms with Gasteiger partial charge in [0.2, 0.25) is 11.8 Å². The molecule has 0 aromatic heterocycles. The molecule has 35 heavy (non-hydrogen) atoms. The smallest absolute Gasteiger partial charge is 0.417 e. The summed E-state index contributed by atoms with van der Waals surface area (Å²) in [4.78, 5) is 48.4. The van der Waals surface area contributed by atoms with E-state index in [1.54, 1.807) is 20.8 Å². The third kappa shape index (κ3) is 4.95. The van der Waals surface area contributed by atoms with Crippen molar-refractivity contribution in [1.29, 1.82) is 0 Å². The molecule has 192 valence electrons. The summed E-state index contributed by atoms with van der Waals surface area (Å²) in [5.41, 5.74) is 4.33. The van der Waals surface area contributed by atoms with Gasteiger partial charge in [-0.15, -0.1) is 0 Å². The molecular weight excluding hydrogens is 450 g/mol. The van der Waals surface area contributed by atoms with Crippen LogP contribution in [0.4, 0.5) is 9.59 Å². The quantitative estimate of drug-likeness (QED) is 0.455. The van der Waals surface area contributed by atoms with Crippen molar-refractivity contribution in [1.82, 2.24) is 10.2 Å². The number of nitrogens with one attached hydrogen (secondary N) is 1. The number of nitrogens with zero attached hydrogens (tertiary/aromatic N) is 1. The molecule has 0 spiro atoms. The standard InChI is InChI=1S/C13H20N2O3.C13H17NO3/c1-13(2,3)18-12(17)15-10-8-5-4-7(6-8)9(10)11(14)16;1-13(2,3)17-12(16)14-10-8-5-4-7(6-8)9(10)11(14)15/h4-5,7-10H,6H2,1-3H3,(H2,14,16)(H,15,17);4-5,7-10H,6H2,1-3H3/t2*7-,8+,9?,10?/m11/s1. The minimum Gasteiger partial charge on any atom is -0.444 e. The molecule has 9 nitrogen and oxygen atoms in total. The summed E-state index contributed by atoms with van der Waals surface area (Å²) in [5, 5.41) is 2.79. The van der Waals surface area contributed by atoms with E-state index in [0.29, 0.717) is 11.8 Å². The van der Waals surface area contributed by atoms with Crippen LogP contribution in [0.1, 0.15) is 54.4 Å². The van der Waals surface area contributed by atoms with E-state index in [2.05, 4.69) is 17.5 Å². The number of β-lactam (4-membered cyclic amide) rings is 1. The van der Waals surface area contributed by atoms with Crippen molar-refractivity contribution in [3.63, 3.8) is 0 Å². The van der Waals surface area contributed by atoms with E-state index in [0.717, 1.165) is 12.8 Å². The molecule has 1 saturated heterocycles. The van der Waals surface area contributed by atoms with Crippen LogP contribution in [-0.4, -0.2) is 52.2 Å². The van der Waals surface area contributed by atoms with Crippen LogP contribution in [0.25, 0.3) is 0 Å². The molecule has 4 amide bonds. The highest BCUT2D eigenvalue weighted by Crippen LogP contribution is 2.53. The molecule has 3 fully saturated rings. The molecule has 8 atom stereocenters. The lowest BCUT2D eigenvalue weighted by Crippen LogP contribution is -2.65. The summed E-state index contributed by atoms with van der Waals surface area (Å²) in [5.74, 6) is 0.387. The van der Waals surface area contributed by atoms with Crippen LogP contribution >= 0.6 is 0 Å². The number of alkyl carbamates (subject to hydrolysis) is 1. The maximum absolute atomic E-state index is 12.0. The highest BCUT2D eigenvalue weighted by molar-refractivity contribution is 6.00. The molecule has 4 aliphatic carbocycles. The van der Waals surface area contributed by atoms with Crippen LogP contribution < -0.4 is 11.1 Å². The molecule has 4 bridgehead atoms. The first kappa shape index (κ1) is 25.3. The summed E-state index contributed by atoms with van der Waals surface area (Å²) in [6.45, 7) is 10.9. The molecule has 0 aromatic rings. The average Bonchev–Trinajstić information content (AvgIpc) is 3.44. The number of imide groups is 1. The van der Waals surface area contributed by atoms with Gasteiger partial charge in [0.25, 0.3) is 0 Å². The molecular formula is C26H37N3O6. The van der Waals surface area contributed by atoms with Crippen LogP contribution in [0.3, 0.4) is 0 Å². The lowest BCUT2D eigenvalue weighted by atomic mass is 9.80. The van der Waals surface area contributed by atoms with Gasteiger partial charge in [0.05, 0.1) is 23.9 Å². The second-order valence-corrected chi connectivity index (χ2v) is 12.2. The Morgan fingerprint density at radius 1 is 0.886 bits per heavy atom. The summed E-state index contributed by atoms with van der Waals surface area (Å²) in [6.07, 6.45) is 9.25. The molecule has 1 heterocycles. The Balaban J connectivity index is 0.000000165. The largest absolute Gasteiger partial charge is 0.444 e. The van der Waals surface area contributed by atoms with Crippen molar-refractivity contribution < 1.29 is 28.7 Å². The minimum absolute atomic E-state index is 0.0394. The molecule has 9 heteroatoms. The van der Waals surface area contributed by atoms with Crippen LogP contribution in [0.15, 0.2) is 24.3 Å². The van der Waals surface area contributed by atoms with Gasteiger partial charge in [-0.1, -0.05) is 24.3 Å². The Labute approximate surface area is 206 Å². The number of rotatable bonds is 2. The number of hydrogen-bond acceptors (Lipinski definition) is 6. The zero-order chi connectivity index (χ0) is 25.9. The fourth-order valence-electron chi connectivity index (χ4n) is 6.08. The zero-order valence-electron chi connectivity index (χ0n) is 21.3. The third-order valence-electron chi connectivity index (χ3n) is 7.30. The molecule has 0 aromatic carbocycles. The van der Waals surface area contributed by atoms with Gasteiger partial charge in [0, 0.05) is 0 Å². The highest BCUT2D eigenvalue weighted by Gasteiger charge is 2.63. The highest BCUT2D eigenvalue weighted by atomic mass is 16.6. The van der Waals surface area contributed by atoms with Gasteiger partial charge in [-0.3, -0.25) is 9.59 Å². The Morgan fingerprint density at radius 2 is 1.43 bits per heavy atom. The SMILES string of the molecule is CC(C)(C)OC(=O)N1C(=O)C2C1[C@H]1C=C[C@@H]2C1.CC(C)(C)OC(=O)NC1C(C(N)=O)[C@@H]2C=C[C@H]1C2. The van der Waals surface area contributed by atoms with Gasteiger partial charge in [0.1, 0.15) is 11.2 Å². The fraction of sp³-hybridized carbons (Fsp3) is 0.692. The van der Waals surface area contributed by atoms with Crippen molar-refractivity contribution in [3.05, 3.63) is 24.3 Å². The number of ether oxygens (including phenoxy) is 2. The molecule has 5 aliphatic rings. The Bertz CT molecular complexity index is 975. The fourth-order valence-corrected chi connectivity index (χ4v) is 6.08. The Hall–Kier alpha value is -2.84. The summed E-state index contributed by atoms with van der Waals surface area (Å²) in [7, 11) is 0. The minimum atomic E-state index is -0.546. The Morgan fingerprint density at radius 3 is 2.03 bits per heavy atom. The van der Waals surface area contributed by atoms with E-state index in [9.17, 15) is 19.2 Å². The molecule has 2 saturated carbocycles. The lowest BCUT2D eigenvalue weighted by Gasteiger charge is -2.46. The first-order chi connectivity index (χ1) is 16.2. The average molecular weight is 488 g/mol.